The lowest BCUT2D eigenvalue weighted by Crippen LogP contribution is -2.54. The molecule has 1 atom stereocenters. The summed E-state index contributed by atoms with van der Waals surface area (Å²) in [6.45, 7) is 4.69. The number of aromatic hydroxyl groups is 1. The van der Waals surface area contributed by atoms with Crippen LogP contribution in [-0.2, 0) is 11.2 Å². The molecule has 0 saturated carbocycles. The summed E-state index contributed by atoms with van der Waals surface area (Å²) in [6.07, 6.45) is 2.02. The van der Waals surface area contributed by atoms with Crippen molar-refractivity contribution >= 4 is 17.8 Å². The number of carbonyl (C=O) groups is 3. The third-order valence-corrected chi connectivity index (χ3v) is 5.37. The molecule has 1 aromatic rings. The van der Waals surface area contributed by atoms with Crippen LogP contribution in [0, 0.1) is 5.92 Å². The number of urea groups is 1. The van der Waals surface area contributed by atoms with Crippen molar-refractivity contribution in [3.63, 3.8) is 0 Å². The van der Waals surface area contributed by atoms with E-state index in [1.807, 2.05) is 6.92 Å². The molecule has 1 aromatic carbocycles. The first-order chi connectivity index (χ1) is 11.8. The zero-order valence-electron chi connectivity index (χ0n) is 14.5. The van der Waals surface area contributed by atoms with Gasteiger partial charge in [-0.15, -0.1) is 0 Å². The smallest absolute Gasteiger partial charge is 0.322 e. The average Bonchev–Trinajstić information content (AvgIpc) is 2.88. The molecule has 2 aliphatic heterocycles. The second-order valence-corrected chi connectivity index (χ2v) is 6.88. The molecule has 4 amide bonds. The maximum absolute atomic E-state index is 12.7. The largest absolute Gasteiger partial charge is 0.507 e. The van der Waals surface area contributed by atoms with Crippen molar-refractivity contribution < 1.29 is 19.5 Å². The van der Waals surface area contributed by atoms with Crippen molar-refractivity contribution in [2.75, 3.05) is 13.1 Å². The number of aryl methyl sites for hydroxylation is 1. The van der Waals surface area contributed by atoms with Crippen LogP contribution in [-0.4, -0.2) is 46.5 Å². The number of phenolic OH excluding ortho intramolecular Hbond substituents is 1. The Bertz CT molecular complexity index is 725. The topological polar surface area (TPSA) is 98.7 Å². The number of carbonyl (C=O) groups excluding carboxylic acids is 3. The Morgan fingerprint density at radius 1 is 1.32 bits per heavy atom. The molecule has 2 saturated heterocycles. The van der Waals surface area contributed by atoms with Gasteiger partial charge in [-0.2, -0.15) is 0 Å². The van der Waals surface area contributed by atoms with Gasteiger partial charge in [-0.25, -0.2) is 4.79 Å². The van der Waals surface area contributed by atoms with E-state index in [2.05, 4.69) is 10.6 Å². The van der Waals surface area contributed by atoms with Crippen LogP contribution >= 0.6 is 0 Å². The number of imide groups is 1. The van der Waals surface area contributed by atoms with Gasteiger partial charge in [0.15, 0.2) is 0 Å². The lowest BCUT2D eigenvalue weighted by atomic mass is 9.79. The van der Waals surface area contributed by atoms with Crippen molar-refractivity contribution in [2.24, 2.45) is 5.92 Å². The van der Waals surface area contributed by atoms with E-state index in [-0.39, 0.29) is 23.5 Å². The summed E-state index contributed by atoms with van der Waals surface area (Å²) in [4.78, 5) is 37.9. The van der Waals surface area contributed by atoms with Crippen LogP contribution in [0.25, 0.3) is 0 Å². The van der Waals surface area contributed by atoms with Crippen LogP contribution in [0.1, 0.15) is 42.6 Å². The highest BCUT2D eigenvalue weighted by Crippen LogP contribution is 2.32. The second-order valence-electron chi connectivity index (χ2n) is 6.88. The van der Waals surface area contributed by atoms with Crippen molar-refractivity contribution in [1.29, 1.82) is 0 Å². The van der Waals surface area contributed by atoms with Crippen LogP contribution in [0.4, 0.5) is 4.79 Å². The Labute approximate surface area is 146 Å². The number of rotatable bonds is 3. The predicted molar refractivity (Wildman–Crippen MR) is 91.2 cm³/mol. The van der Waals surface area contributed by atoms with Crippen molar-refractivity contribution in [3.05, 3.63) is 29.3 Å². The molecule has 2 aliphatic rings. The lowest BCUT2D eigenvalue weighted by Gasteiger charge is -2.38. The van der Waals surface area contributed by atoms with E-state index in [1.165, 1.54) is 0 Å². The molecule has 25 heavy (non-hydrogen) atoms. The van der Waals surface area contributed by atoms with Crippen molar-refractivity contribution in [1.82, 2.24) is 15.5 Å². The quantitative estimate of drug-likeness (QED) is 0.721. The summed E-state index contributed by atoms with van der Waals surface area (Å²) >= 11 is 0. The first kappa shape index (κ1) is 17.3. The zero-order valence-corrected chi connectivity index (χ0v) is 14.5. The molecule has 0 spiro atoms. The van der Waals surface area contributed by atoms with Gasteiger partial charge in [0.05, 0.1) is 5.56 Å². The molecule has 0 aliphatic carbocycles. The van der Waals surface area contributed by atoms with Gasteiger partial charge in [0.2, 0.25) is 0 Å². The fraction of sp³-hybridized carbons (Fsp3) is 0.500. The molecular weight excluding hydrogens is 322 g/mol. The highest BCUT2D eigenvalue weighted by atomic mass is 16.3. The molecule has 1 unspecified atom stereocenters. The van der Waals surface area contributed by atoms with Gasteiger partial charge in [-0.1, -0.05) is 13.0 Å². The molecule has 2 fully saturated rings. The number of nitrogens with one attached hydrogen (secondary N) is 2. The standard InChI is InChI=1S/C18H23N3O4/c1-3-11-4-5-14(22)13(10-11)15(23)21-8-6-12(7-9-21)18(2)16(24)19-17(25)20-18/h4-5,10,12,22H,3,6-9H2,1-2H3,(H2,19,20,24,25). The fourth-order valence-corrected chi connectivity index (χ4v) is 3.65. The Kier molecular flexibility index (Phi) is 4.41. The van der Waals surface area contributed by atoms with Crippen molar-refractivity contribution in [3.8, 4) is 5.75 Å². The second kappa shape index (κ2) is 6.38. The Morgan fingerprint density at radius 3 is 2.56 bits per heavy atom. The van der Waals surface area contributed by atoms with Crippen molar-refractivity contribution in [2.45, 2.75) is 38.6 Å². The van der Waals surface area contributed by atoms with E-state index in [9.17, 15) is 19.5 Å². The SMILES string of the molecule is CCc1ccc(O)c(C(=O)N2CCC(C3(C)NC(=O)NC3=O)CC2)c1. The highest BCUT2D eigenvalue weighted by molar-refractivity contribution is 6.07. The van der Waals surface area contributed by atoms with E-state index < -0.39 is 11.6 Å². The van der Waals surface area contributed by atoms with E-state index >= 15 is 0 Å². The van der Waals surface area contributed by atoms with Gasteiger partial charge < -0.3 is 15.3 Å². The number of hydrogen-bond donors (Lipinski definition) is 3. The average molecular weight is 345 g/mol. The Balaban J connectivity index is 1.69. The summed E-state index contributed by atoms with van der Waals surface area (Å²) < 4.78 is 0. The molecule has 3 rings (SSSR count). The van der Waals surface area contributed by atoms with Gasteiger partial charge in [-0.05, 0) is 49.8 Å². The maximum Gasteiger partial charge on any atom is 0.322 e. The van der Waals surface area contributed by atoms with Gasteiger partial charge in [0.1, 0.15) is 11.3 Å². The van der Waals surface area contributed by atoms with Gasteiger partial charge >= 0.3 is 6.03 Å². The first-order valence-corrected chi connectivity index (χ1v) is 8.60. The molecule has 7 heteroatoms. The molecule has 134 valence electrons. The summed E-state index contributed by atoms with van der Waals surface area (Å²) in [7, 11) is 0. The lowest BCUT2D eigenvalue weighted by molar-refractivity contribution is -0.125. The monoisotopic (exact) mass is 345 g/mol. The first-order valence-electron chi connectivity index (χ1n) is 8.60. The van der Waals surface area contributed by atoms with E-state index in [0.717, 1.165) is 12.0 Å². The molecule has 2 heterocycles. The molecule has 0 radical (unpaired) electrons. The van der Waals surface area contributed by atoms with Gasteiger partial charge in [0.25, 0.3) is 11.8 Å². The minimum absolute atomic E-state index is 0.0151. The minimum atomic E-state index is -0.920. The Hall–Kier alpha value is -2.57. The molecule has 3 N–H and O–H groups in total. The normalized spacial score (nSPS) is 24.2. The fourth-order valence-electron chi connectivity index (χ4n) is 3.65. The van der Waals surface area contributed by atoms with E-state index in [0.29, 0.717) is 31.5 Å². The maximum atomic E-state index is 12.7. The number of likely N-dealkylation sites (tertiary alicyclic amines) is 1. The predicted octanol–water partition coefficient (Wildman–Crippen LogP) is 1.40. The minimum Gasteiger partial charge on any atom is -0.507 e. The summed E-state index contributed by atoms with van der Waals surface area (Å²) in [5.41, 5.74) is 0.390. The third kappa shape index (κ3) is 3.06. The number of hydrogen-bond acceptors (Lipinski definition) is 4. The summed E-state index contributed by atoms with van der Waals surface area (Å²) in [5, 5.41) is 15.0. The summed E-state index contributed by atoms with van der Waals surface area (Å²) in [5.74, 6) is -0.552. The van der Waals surface area contributed by atoms with Crippen LogP contribution in [0.5, 0.6) is 5.75 Å². The molecule has 0 aromatic heterocycles. The van der Waals surface area contributed by atoms with E-state index in [1.54, 1.807) is 30.0 Å². The molecular formula is C18H23N3O4. The van der Waals surface area contributed by atoms with Crippen LogP contribution in [0.15, 0.2) is 18.2 Å². The van der Waals surface area contributed by atoms with Crippen LogP contribution < -0.4 is 10.6 Å². The van der Waals surface area contributed by atoms with Crippen LogP contribution in [0.2, 0.25) is 0 Å². The summed E-state index contributed by atoms with van der Waals surface area (Å²) in [6, 6.07) is 4.63. The third-order valence-electron chi connectivity index (χ3n) is 5.37. The Morgan fingerprint density at radius 2 is 2.00 bits per heavy atom. The number of benzene rings is 1. The number of phenols is 1. The molecule has 7 nitrogen and oxygen atoms in total. The number of amides is 4. The van der Waals surface area contributed by atoms with E-state index in [4.69, 9.17) is 0 Å². The zero-order chi connectivity index (χ0) is 18.2. The number of piperidine rings is 1. The highest BCUT2D eigenvalue weighted by Gasteiger charge is 2.48. The molecule has 0 bridgehead atoms. The van der Waals surface area contributed by atoms with Gasteiger partial charge in [0, 0.05) is 13.1 Å². The van der Waals surface area contributed by atoms with Gasteiger partial charge in [-0.3, -0.25) is 14.9 Å². The van der Waals surface area contributed by atoms with Crippen LogP contribution in [0.3, 0.4) is 0 Å². The number of nitrogens with zero attached hydrogens (tertiary/aromatic N) is 1.